The fourth-order valence-electron chi connectivity index (χ4n) is 5.83. The predicted molar refractivity (Wildman–Crippen MR) is 172 cm³/mol. The normalized spacial score (nSPS) is 16.9. The second-order valence-corrected chi connectivity index (χ2v) is 13.9. The summed E-state index contributed by atoms with van der Waals surface area (Å²) in [5.41, 5.74) is 7.57. The molecule has 1 aromatic rings. The molecule has 11 heteroatoms. The zero-order valence-corrected chi connectivity index (χ0v) is 27.1. The first kappa shape index (κ1) is 34.4. The van der Waals surface area contributed by atoms with Crippen molar-refractivity contribution in [3.05, 3.63) is 34.2 Å². The monoisotopic (exact) mass is 615 g/mol. The lowest BCUT2D eigenvalue weighted by atomic mass is 9.89. The van der Waals surface area contributed by atoms with E-state index in [0.717, 1.165) is 61.1 Å². The molecule has 1 spiro atoms. The molecule has 2 heterocycles. The number of rotatable bonds is 16. The van der Waals surface area contributed by atoms with Crippen molar-refractivity contribution in [2.45, 2.75) is 110 Å². The van der Waals surface area contributed by atoms with Crippen LogP contribution in [0.3, 0.4) is 0 Å². The van der Waals surface area contributed by atoms with Gasteiger partial charge in [-0.3, -0.25) is 14.7 Å². The number of hydrogen-bond donors (Lipinski definition) is 2. The standard InChI is InChI=1S/C32H49N5O5S/c1-24-22-27(36(4)31(33)40)23-25(2)28(24)16-21-43(41,42)37-19-17-32(18-20-37)30(39)34-29(35-32)15-13-11-9-7-5-6-8-10-12-14-26(3)38/h16,21-23H,5-15,17-20H2,1-4H3,(H2,33,40)(H,34,35,39)/b21-16+. The highest BCUT2D eigenvalue weighted by Crippen LogP contribution is 2.32. The zero-order valence-electron chi connectivity index (χ0n) is 26.3. The summed E-state index contributed by atoms with van der Waals surface area (Å²) < 4.78 is 27.7. The molecule has 2 aliphatic rings. The third kappa shape index (κ3) is 9.72. The molecular formula is C32H49N5O5S. The minimum atomic E-state index is -3.69. The van der Waals surface area contributed by atoms with Crippen LogP contribution in [0, 0.1) is 13.8 Å². The Morgan fingerprint density at radius 2 is 1.53 bits per heavy atom. The molecule has 0 radical (unpaired) electrons. The first-order chi connectivity index (χ1) is 20.3. The molecule has 1 saturated heterocycles. The first-order valence-electron chi connectivity index (χ1n) is 15.6. The van der Waals surface area contributed by atoms with Crippen molar-refractivity contribution in [2.75, 3.05) is 25.0 Å². The van der Waals surface area contributed by atoms with Gasteiger partial charge in [0.05, 0.1) is 0 Å². The van der Waals surface area contributed by atoms with E-state index in [1.807, 2.05) is 13.8 Å². The Bertz CT molecular complexity index is 1310. The number of ketones is 1. The van der Waals surface area contributed by atoms with Crippen LogP contribution in [0.4, 0.5) is 10.5 Å². The second kappa shape index (κ2) is 15.6. The van der Waals surface area contributed by atoms with Crippen LogP contribution in [-0.4, -0.2) is 62.0 Å². The van der Waals surface area contributed by atoms with E-state index >= 15 is 0 Å². The number of urea groups is 1. The number of carbonyl (C=O) groups excluding carboxylic acids is 3. The molecule has 3 N–H and O–H groups in total. The maximum Gasteiger partial charge on any atom is 0.318 e. The summed E-state index contributed by atoms with van der Waals surface area (Å²) in [6.45, 7) is 5.83. The molecular weight excluding hydrogens is 566 g/mol. The number of nitrogens with two attached hydrogens (primary N) is 1. The summed E-state index contributed by atoms with van der Waals surface area (Å²) in [6, 6.07) is 3.02. The van der Waals surface area contributed by atoms with Crippen LogP contribution in [0.1, 0.15) is 107 Å². The van der Waals surface area contributed by atoms with E-state index < -0.39 is 21.6 Å². The van der Waals surface area contributed by atoms with Crippen molar-refractivity contribution in [3.63, 3.8) is 0 Å². The van der Waals surface area contributed by atoms with Crippen molar-refractivity contribution in [3.8, 4) is 0 Å². The molecule has 43 heavy (non-hydrogen) atoms. The number of nitrogens with one attached hydrogen (secondary N) is 1. The summed E-state index contributed by atoms with van der Waals surface area (Å²) >= 11 is 0. The molecule has 0 aromatic heterocycles. The molecule has 0 atom stereocenters. The van der Waals surface area contributed by atoms with Gasteiger partial charge in [-0.25, -0.2) is 13.2 Å². The number of benzene rings is 1. The predicted octanol–water partition coefficient (Wildman–Crippen LogP) is 5.36. The molecule has 3 amide bonds. The lowest BCUT2D eigenvalue weighted by Crippen LogP contribution is -2.50. The van der Waals surface area contributed by atoms with E-state index in [4.69, 9.17) is 10.7 Å². The number of aliphatic imine (C=N–C) groups is 1. The van der Waals surface area contributed by atoms with E-state index in [1.54, 1.807) is 32.2 Å². The van der Waals surface area contributed by atoms with Crippen molar-refractivity contribution in [1.29, 1.82) is 0 Å². The summed E-state index contributed by atoms with van der Waals surface area (Å²) in [5, 5.41) is 4.18. The Kier molecular flexibility index (Phi) is 12.5. The summed E-state index contributed by atoms with van der Waals surface area (Å²) in [6.07, 6.45) is 13.9. The van der Waals surface area contributed by atoms with E-state index in [-0.39, 0.29) is 24.8 Å². The van der Waals surface area contributed by atoms with Gasteiger partial charge in [0.2, 0.25) is 10.0 Å². The van der Waals surface area contributed by atoms with E-state index in [2.05, 4.69) is 5.32 Å². The number of nitrogens with zero attached hydrogens (tertiary/aromatic N) is 3. The quantitative estimate of drug-likeness (QED) is 0.241. The fourth-order valence-corrected chi connectivity index (χ4v) is 7.00. The smallest absolute Gasteiger partial charge is 0.318 e. The number of piperidine rings is 1. The maximum absolute atomic E-state index is 13.2. The molecule has 0 unspecified atom stereocenters. The van der Waals surface area contributed by atoms with Crippen LogP contribution in [0.5, 0.6) is 0 Å². The Morgan fingerprint density at radius 3 is 2.07 bits per heavy atom. The molecule has 1 aromatic carbocycles. The van der Waals surface area contributed by atoms with E-state index in [0.29, 0.717) is 24.9 Å². The maximum atomic E-state index is 13.2. The van der Waals surface area contributed by atoms with Crippen LogP contribution in [0.2, 0.25) is 0 Å². The van der Waals surface area contributed by atoms with Gasteiger partial charge < -0.3 is 15.8 Å². The highest BCUT2D eigenvalue weighted by Gasteiger charge is 2.46. The van der Waals surface area contributed by atoms with Crippen molar-refractivity contribution in [1.82, 2.24) is 9.62 Å². The number of amidine groups is 1. The molecule has 0 saturated carbocycles. The van der Waals surface area contributed by atoms with E-state index in [9.17, 15) is 22.8 Å². The lowest BCUT2D eigenvalue weighted by molar-refractivity contribution is -0.125. The number of amides is 3. The molecule has 238 valence electrons. The molecule has 0 bridgehead atoms. The zero-order chi connectivity index (χ0) is 31.6. The average Bonchev–Trinajstić information content (AvgIpc) is 3.24. The highest BCUT2D eigenvalue weighted by atomic mass is 32.2. The number of Topliss-reactive ketones (excluding diaryl/α,β-unsaturated/α-hetero) is 1. The number of aryl methyl sites for hydroxylation is 2. The van der Waals surface area contributed by atoms with Gasteiger partial charge in [-0.05, 0) is 81.4 Å². The Morgan fingerprint density at radius 1 is 1.00 bits per heavy atom. The summed E-state index contributed by atoms with van der Waals surface area (Å²) in [7, 11) is -2.11. The van der Waals surface area contributed by atoms with Crippen LogP contribution in [0.15, 0.2) is 22.5 Å². The third-order valence-corrected chi connectivity index (χ3v) is 10.1. The Hall–Kier alpha value is -3.05. The average molecular weight is 616 g/mol. The summed E-state index contributed by atoms with van der Waals surface area (Å²) in [4.78, 5) is 41.5. The van der Waals surface area contributed by atoms with Gasteiger partial charge in [0.15, 0.2) is 0 Å². The van der Waals surface area contributed by atoms with Gasteiger partial charge in [0.25, 0.3) is 5.91 Å². The number of anilines is 1. The number of primary amides is 1. The topological polar surface area (TPSA) is 142 Å². The van der Waals surface area contributed by atoms with Gasteiger partial charge in [-0.1, -0.05) is 44.9 Å². The van der Waals surface area contributed by atoms with Crippen LogP contribution < -0.4 is 16.0 Å². The van der Waals surface area contributed by atoms with Crippen molar-refractivity contribution in [2.24, 2.45) is 10.7 Å². The minimum absolute atomic E-state index is 0.118. The lowest BCUT2D eigenvalue weighted by Gasteiger charge is -2.34. The summed E-state index contributed by atoms with van der Waals surface area (Å²) in [5.74, 6) is 0.883. The minimum Gasteiger partial charge on any atom is -0.351 e. The SMILES string of the molecule is CC(=O)CCCCCCCCCCCC1=NC2(CCN(S(=O)(=O)/C=C/c3c(C)cc(N(C)C(N)=O)cc3C)CC2)C(=O)N1. The number of unbranched alkanes of at least 4 members (excludes halogenated alkanes) is 8. The van der Waals surface area contributed by atoms with Gasteiger partial charge in [-0.15, -0.1) is 0 Å². The van der Waals surface area contributed by atoms with Gasteiger partial charge in [-0.2, -0.15) is 4.31 Å². The second-order valence-electron chi connectivity index (χ2n) is 12.1. The van der Waals surface area contributed by atoms with Gasteiger partial charge >= 0.3 is 6.03 Å². The van der Waals surface area contributed by atoms with E-state index in [1.165, 1.54) is 40.3 Å². The van der Waals surface area contributed by atoms with Crippen LogP contribution in [0.25, 0.3) is 6.08 Å². The van der Waals surface area contributed by atoms with Crippen LogP contribution in [-0.2, 0) is 19.6 Å². The Balaban J connectivity index is 1.45. The Labute approximate surface area is 257 Å². The molecule has 0 aliphatic carbocycles. The molecule has 10 nitrogen and oxygen atoms in total. The third-order valence-electron chi connectivity index (χ3n) is 8.58. The largest absolute Gasteiger partial charge is 0.351 e. The fraction of sp³-hybridized carbons (Fsp3) is 0.625. The molecule has 2 aliphatic heterocycles. The van der Waals surface area contributed by atoms with Gasteiger partial charge in [0, 0.05) is 44.1 Å². The first-order valence-corrected chi connectivity index (χ1v) is 17.1. The number of sulfonamides is 1. The number of hydrogen-bond acceptors (Lipinski definition) is 6. The van der Waals surface area contributed by atoms with Crippen molar-refractivity contribution >= 4 is 45.3 Å². The molecule has 1 fully saturated rings. The van der Waals surface area contributed by atoms with Gasteiger partial charge in [0.1, 0.15) is 17.2 Å². The molecule has 3 rings (SSSR count). The highest BCUT2D eigenvalue weighted by molar-refractivity contribution is 7.92. The van der Waals surface area contributed by atoms with Crippen LogP contribution >= 0.6 is 0 Å². The van der Waals surface area contributed by atoms with Crippen molar-refractivity contribution < 1.29 is 22.8 Å². The number of carbonyl (C=O) groups is 3.